The highest BCUT2D eigenvalue weighted by molar-refractivity contribution is 9.10. The van der Waals surface area contributed by atoms with Crippen LogP contribution in [0.1, 0.15) is 22.9 Å². The number of pyridine rings is 2. The number of aromatic nitrogens is 2. The summed E-state index contributed by atoms with van der Waals surface area (Å²) in [6.07, 6.45) is 6.23. The zero-order valence-electron chi connectivity index (χ0n) is 10.1. The van der Waals surface area contributed by atoms with Crippen molar-refractivity contribution < 1.29 is 0 Å². The molecule has 0 aromatic carbocycles. The van der Waals surface area contributed by atoms with Crippen LogP contribution in [0, 0.1) is 6.92 Å². The number of aryl methyl sites for hydroxylation is 1. The molecule has 0 amide bonds. The summed E-state index contributed by atoms with van der Waals surface area (Å²) in [5.41, 5.74) is 6.01. The molecule has 2 heterocycles. The normalized spacial score (nSPS) is 12.4. The third kappa shape index (κ3) is 3.35. The molecule has 0 aliphatic rings. The molecule has 5 heteroatoms. The molecule has 0 fully saturated rings. The van der Waals surface area contributed by atoms with Gasteiger partial charge in [-0.3, -0.25) is 21.2 Å². The second kappa shape index (κ2) is 6.04. The van der Waals surface area contributed by atoms with Gasteiger partial charge in [0.1, 0.15) is 0 Å². The first-order chi connectivity index (χ1) is 8.69. The fourth-order valence-corrected chi connectivity index (χ4v) is 2.17. The lowest BCUT2D eigenvalue weighted by molar-refractivity contribution is 0.549. The molecular formula is C13H15BrN4. The monoisotopic (exact) mass is 306 g/mol. The lowest BCUT2D eigenvalue weighted by Gasteiger charge is -2.16. The van der Waals surface area contributed by atoms with Gasteiger partial charge in [-0.1, -0.05) is 6.07 Å². The van der Waals surface area contributed by atoms with Gasteiger partial charge in [0.05, 0.1) is 6.04 Å². The summed E-state index contributed by atoms with van der Waals surface area (Å²) in [7, 11) is 0. The molecule has 1 unspecified atom stereocenters. The van der Waals surface area contributed by atoms with Crippen molar-refractivity contribution in [3.63, 3.8) is 0 Å². The molecule has 1 atom stereocenters. The van der Waals surface area contributed by atoms with Crippen molar-refractivity contribution in [2.45, 2.75) is 19.4 Å². The smallest absolute Gasteiger partial charge is 0.0516 e. The van der Waals surface area contributed by atoms with Gasteiger partial charge in [0.2, 0.25) is 0 Å². The Hall–Kier alpha value is -1.30. The van der Waals surface area contributed by atoms with Crippen LogP contribution in [0.25, 0.3) is 0 Å². The Morgan fingerprint density at radius 1 is 1.33 bits per heavy atom. The molecule has 0 aliphatic carbocycles. The predicted octanol–water partition coefficient (Wildman–Crippen LogP) is 2.29. The van der Waals surface area contributed by atoms with Crippen molar-refractivity contribution in [3.05, 3.63) is 58.1 Å². The molecule has 0 radical (unpaired) electrons. The first-order valence-electron chi connectivity index (χ1n) is 5.67. The van der Waals surface area contributed by atoms with Gasteiger partial charge >= 0.3 is 0 Å². The zero-order valence-corrected chi connectivity index (χ0v) is 11.7. The molecular weight excluding hydrogens is 292 g/mol. The van der Waals surface area contributed by atoms with Crippen LogP contribution in [-0.2, 0) is 6.42 Å². The van der Waals surface area contributed by atoms with E-state index in [0.717, 1.165) is 27.7 Å². The van der Waals surface area contributed by atoms with Crippen LogP contribution < -0.4 is 11.3 Å². The Kier molecular flexibility index (Phi) is 4.41. The van der Waals surface area contributed by atoms with Gasteiger partial charge in [0.15, 0.2) is 0 Å². The van der Waals surface area contributed by atoms with Crippen LogP contribution in [0.2, 0.25) is 0 Å². The standard InChI is InChI=1S/C13H15BrN4/c1-9-2-3-11(7-17-9)13(18-15)5-10-4-12(14)8-16-6-10/h2-4,6-8,13,18H,5,15H2,1H3. The van der Waals surface area contributed by atoms with Gasteiger partial charge < -0.3 is 0 Å². The van der Waals surface area contributed by atoms with Crippen molar-refractivity contribution in [1.29, 1.82) is 0 Å². The molecule has 2 aromatic rings. The number of halogens is 1. The molecule has 0 saturated carbocycles. The summed E-state index contributed by atoms with van der Waals surface area (Å²) in [4.78, 5) is 8.43. The van der Waals surface area contributed by atoms with E-state index in [9.17, 15) is 0 Å². The summed E-state index contributed by atoms with van der Waals surface area (Å²) < 4.78 is 0.970. The van der Waals surface area contributed by atoms with Crippen LogP contribution in [-0.4, -0.2) is 9.97 Å². The number of nitrogens with two attached hydrogens (primary N) is 1. The summed E-state index contributed by atoms with van der Waals surface area (Å²) >= 11 is 3.41. The highest BCUT2D eigenvalue weighted by Crippen LogP contribution is 2.18. The van der Waals surface area contributed by atoms with Gasteiger partial charge in [-0.05, 0) is 52.5 Å². The van der Waals surface area contributed by atoms with Crippen LogP contribution in [0.3, 0.4) is 0 Å². The molecule has 0 bridgehead atoms. The van der Waals surface area contributed by atoms with Gasteiger partial charge in [0.25, 0.3) is 0 Å². The Morgan fingerprint density at radius 3 is 2.78 bits per heavy atom. The van der Waals surface area contributed by atoms with E-state index in [0.29, 0.717) is 0 Å². The molecule has 94 valence electrons. The lowest BCUT2D eigenvalue weighted by Crippen LogP contribution is -2.29. The highest BCUT2D eigenvalue weighted by atomic mass is 79.9. The van der Waals surface area contributed by atoms with Crippen LogP contribution in [0.15, 0.2) is 41.3 Å². The Balaban J connectivity index is 2.17. The number of nitrogens with one attached hydrogen (secondary N) is 1. The van der Waals surface area contributed by atoms with Crippen molar-refractivity contribution in [1.82, 2.24) is 15.4 Å². The van der Waals surface area contributed by atoms with Gasteiger partial charge in [-0.2, -0.15) is 0 Å². The Bertz CT molecular complexity index is 513. The maximum Gasteiger partial charge on any atom is 0.0516 e. The van der Waals surface area contributed by atoms with Crippen molar-refractivity contribution in [2.24, 2.45) is 5.84 Å². The maximum absolute atomic E-state index is 5.62. The molecule has 0 spiro atoms. The van der Waals surface area contributed by atoms with E-state index in [-0.39, 0.29) is 6.04 Å². The Morgan fingerprint density at radius 2 is 2.17 bits per heavy atom. The van der Waals surface area contributed by atoms with Gasteiger partial charge in [-0.25, -0.2) is 0 Å². The van der Waals surface area contributed by atoms with E-state index in [4.69, 9.17) is 5.84 Å². The van der Waals surface area contributed by atoms with Crippen molar-refractivity contribution in [3.8, 4) is 0 Å². The number of nitrogens with zero attached hydrogens (tertiary/aromatic N) is 2. The number of hydrazine groups is 1. The molecule has 0 saturated heterocycles. The quantitative estimate of drug-likeness (QED) is 0.672. The van der Waals surface area contributed by atoms with Crippen molar-refractivity contribution in [2.75, 3.05) is 0 Å². The molecule has 2 aromatic heterocycles. The number of rotatable bonds is 4. The predicted molar refractivity (Wildman–Crippen MR) is 74.7 cm³/mol. The summed E-state index contributed by atoms with van der Waals surface area (Å²) in [6, 6.07) is 6.10. The van der Waals surface area contributed by atoms with Crippen molar-refractivity contribution >= 4 is 15.9 Å². The maximum atomic E-state index is 5.62. The summed E-state index contributed by atoms with van der Waals surface area (Å²) in [6.45, 7) is 1.97. The first kappa shape index (κ1) is 13.1. The van der Waals surface area contributed by atoms with E-state index >= 15 is 0 Å². The first-order valence-corrected chi connectivity index (χ1v) is 6.46. The fraction of sp³-hybridized carbons (Fsp3) is 0.231. The Labute approximate surface area is 115 Å². The summed E-state index contributed by atoms with van der Waals surface area (Å²) in [5, 5.41) is 0. The highest BCUT2D eigenvalue weighted by Gasteiger charge is 2.11. The fourth-order valence-electron chi connectivity index (χ4n) is 1.76. The second-order valence-corrected chi connectivity index (χ2v) is 5.08. The van der Waals surface area contributed by atoms with E-state index in [1.807, 2.05) is 37.5 Å². The molecule has 18 heavy (non-hydrogen) atoms. The van der Waals surface area contributed by atoms with E-state index in [1.165, 1.54) is 0 Å². The topological polar surface area (TPSA) is 63.8 Å². The molecule has 3 N–H and O–H groups in total. The SMILES string of the molecule is Cc1ccc(C(Cc2cncc(Br)c2)NN)cn1. The minimum Gasteiger partial charge on any atom is -0.271 e. The third-order valence-electron chi connectivity index (χ3n) is 2.74. The summed E-state index contributed by atoms with van der Waals surface area (Å²) in [5.74, 6) is 5.62. The average Bonchev–Trinajstić information content (AvgIpc) is 2.37. The van der Waals surface area contributed by atoms with E-state index in [2.05, 4.69) is 31.3 Å². The van der Waals surface area contributed by atoms with E-state index < -0.39 is 0 Å². The van der Waals surface area contributed by atoms with Gasteiger partial charge in [-0.15, -0.1) is 0 Å². The number of hydrogen-bond donors (Lipinski definition) is 2. The van der Waals surface area contributed by atoms with Crippen LogP contribution in [0.5, 0.6) is 0 Å². The van der Waals surface area contributed by atoms with Gasteiger partial charge in [0, 0.05) is 28.8 Å². The minimum absolute atomic E-state index is 0.0363. The van der Waals surface area contributed by atoms with Crippen LogP contribution in [0.4, 0.5) is 0 Å². The largest absolute Gasteiger partial charge is 0.271 e. The van der Waals surface area contributed by atoms with Crippen LogP contribution >= 0.6 is 15.9 Å². The molecule has 4 nitrogen and oxygen atoms in total. The van der Waals surface area contributed by atoms with E-state index in [1.54, 1.807) is 6.20 Å². The minimum atomic E-state index is 0.0363. The zero-order chi connectivity index (χ0) is 13.0. The average molecular weight is 307 g/mol. The lowest BCUT2D eigenvalue weighted by atomic mass is 10.0. The second-order valence-electron chi connectivity index (χ2n) is 4.17. The molecule has 2 rings (SSSR count). The molecule has 0 aliphatic heterocycles. The third-order valence-corrected chi connectivity index (χ3v) is 3.17. The number of hydrogen-bond acceptors (Lipinski definition) is 4.